The largest absolute Gasteiger partial charge is 0.372 e. The normalized spacial score (nSPS) is 15.2. The Hall–Kier alpha value is -2.69. The van der Waals surface area contributed by atoms with Crippen LogP contribution >= 0.6 is 23.1 Å². The molecular formula is C31H41N5O3S2. The van der Waals surface area contributed by atoms with Gasteiger partial charge < -0.3 is 9.64 Å². The maximum absolute atomic E-state index is 14.1. The van der Waals surface area contributed by atoms with Gasteiger partial charge in [-0.25, -0.2) is 4.40 Å². The zero-order chi connectivity index (χ0) is 28.9. The molecule has 4 aromatic rings. The Morgan fingerprint density at radius 2 is 1.88 bits per heavy atom. The zero-order valence-electron chi connectivity index (χ0n) is 24.6. The van der Waals surface area contributed by atoms with E-state index in [2.05, 4.69) is 50.0 Å². The summed E-state index contributed by atoms with van der Waals surface area (Å²) < 4.78 is 9.95. The Morgan fingerprint density at radius 1 is 1.15 bits per heavy atom. The summed E-state index contributed by atoms with van der Waals surface area (Å²) >= 11 is 3.01. The second-order valence-electron chi connectivity index (χ2n) is 11.2. The summed E-state index contributed by atoms with van der Waals surface area (Å²) in [6.07, 6.45) is 5.63. The highest BCUT2D eigenvalue weighted by Gasteiger charge is 2.30. The van der Waals surface area contributed by atoms with E-state index in [1.54, 1.807) is 15.9 Å². The van der Waals surface area contributed by atoms with Crippen molar-refractivity contribution in [2.45, 2.75) is 90.6 Å². The Labute approximate surface area is 250 Å². The van der Waals surface area contributed by atoms with Crippen LogP contribution in [0.5, 0.6) is 0 Å². The van der Waals surface area contributed by atoms with Gasteiger partial charge in [0.2, 0.25) is 11.7 Å². The van der Waals surface area contributed by atoms with Crippen LogP contribution in [0.25, 0.3) is 16.0 Å². The molecule has 1 amide bonds. The molecule has 8 nitrogen and oxygen atoms in total. The minimum absolute atomic E-state index is 0.0179. The molecule has 0 N–H and O–H groups in total. The number of hydrogen-bond donors (Lipinski definition) is 0. The SMILES string of the molecule is CCCCN(CCCC)C(=O)CSc1nnc2n(CCc3ccccc3)c(=O)c3c4c(sc3n12)COC(C(C)C)C4. The number of nitrogens with zero attached hydrogens (tertiary/aromatic N) is 5. The molecule has 0 spiro atoms. The van der Waals surface area contributed by atoms with Gasteiger partial charge in [-0.3, -0.25) is 14.2 Å². The van der Waals surface area contributed by atoms with Crippen molar-refractivity contribution in [3.63, 3.8) is 0 Å². The van der Waals surface area contributed by atoms with Crippen LogP contribution in [0.4, 0.5) is 0 Å². The lowest BCUT2D eigenvalue weighted by molar-refractivity contribution is -0.128. The average molecular weight is 596 g/mol. The zero-order valence-corrected chi connectivity index (χ0v) is 26.2. The van der Waals surface area contributed by atoms with Gasteiger partial charge in [0.1, 0.15) is 4.83 Å². The van der Waals surface area contributed by atoms with Crippen molar-refractivity contribution in [2.75, 3.05) is 18.8 Å². The van der Waals surface area contributed by atoms with Crippen molar-refractivity contribution < 1.29 is 9.53 Å². The molecule has 5 rings (SSSR count). The van der Waals surface area contributed by atoms with E-state index in [0.29, 0.717) is 42.2 Å². The highest BCUT2D eigenvalue weighted by atomic mass is 32.2. The van der Waals surface area contributed by atoms with Gasteiger partial charge in [-0.2, -0.15) is 0 Å². The lowest BCUT2D eigenvalue weighted by Gasteiger charge is -2.26. The maximum atomic E-state index is 14.1. The van der Waals surface area contributed by atoms with Crippen LogP contribution in [0.3, 0.4) is 0 Å². The van der Waals surface area contributed by atoms with E-state index in [4.69, 9.17) is 4.74 Å². The van der Waals surface area contributed by atoms with Gasteiger partial charge in [0.25, 0.3) is 5.56 Å². The smallest absolute Gasteiger partial charge is 0.263 e. The fraction of sp³-hybridized carbons (Fsp3) is 0.548. The fourth-order valence-electron chi connectivity index (χ4n) is 5.38. The predicted molar refractivity (Wildman–Crippen MR) is 167 cm³/mol. The molecule has 1 aliphatic rings. The number of rotatable bonds is 13. The summed E-state index contributed by atoms with van der Waals surface area (Å²) in [6.45, 7) is 11.2. The van der Waals surface area contributed by atoms with Crippen LogP contribution < -0.4 is 5.56 Å². The van der Waals surface area contributed by atoms with Crippen molar-refractivity contribution in [1.29, 1.82) is 0 Å². The summed E-state index contributed by atoms with van der Waals surface area (Å²) in [5.74, 6) is 1.31. The van der Waals surface area contributed by atoms with E-state index in [0.717, 1.165) is 71.4 Å². The molecular weight excluding hydrogens is 555 g/mol. The summed E-state index contributed by atoms with van der Waals surface area (Å²) in [7, 11) is 0. The van der Waals surface area contributed by atoms with Crippen LogP contribution in [0.1, 0.15) is 69.4 Å². The summed E-state index contributed by atoms with van der Waals surface area (Å²) in [4.78, 5) is 31.3. The van der Waals surface area contributed by atoms with E-state index in [-0.39, 0.29) is 17.6 Å². The van der Waals surface area contributed by atoms with Gasteiger partial charge in [-0.05, 0) is 36.3 Å². The molecule has 0 bridgehead atoms. The number of benzene rings is 1. The van der Waals surface area contributed by atoms with E-state index in [1.807, 2.05) is 27.5 Å². The Kier molecular flexibility index (Phi) is 9.83. The van der Waals surface area contributed by atoms with Gasteiger partial charge in [-0.1, -0.05) is 82.6 Å². The van der Waals surface area contributed by atoms with Crippen LogP contribution in [-0.4, -0.2) is 54.9 Å². The molecule has 0 fully saturated rings. The number of amides is 1. The van der Waals surface area contributed by atoms with E-state index in [1.165, 1.54) is 11.8 Å². The fourth-order valence-corrected chi connectivity index (χ4v) is 7.51. The number of fused-ring (bicyclic) bond motifs is 5. The number of thioether (sulfide) groups is 1. The van der Waals surface area contributed by atoms with Crippen LogP contribution in [0.15, 0.2) is 40.3 Å². The first-order chi connectivity index (χ1) is 19.9. The molecule has 41 heavy (non-hydrogen) atoms. The van der Waals surface area contributed by atoms with Gasteiger partial charge in [0.15, 0.2) is 5.16 Å². The molecule has 1 unspecified atom stereocenters. The number of ether oxygens (including phenoxy) is 1. The van der Waals surface area contributed by atoms with Crippen molar-refractivity contribution in [2.24, 2.45) is 5.92 Å². The summed E-state index contributed by atoms with van der Waals surface area (Å²) in [6, 6.07) is 10.2. The maximum Gasteiger partial charge on any atom is 0.263 e. The van der Waals surface area contributed by atoms with Gasteiger partial charge >= 0.3 is 0 Å². The second-order valence-corrected chi connectivity index (χ2v) is 13.2. The number of carbonyl (C=O) groups excluding carboxylic acids is 1. The quantitative estimate of drug-likeness (QED) is 0.177. The molecule has 3 aromatic heterocycles. The molecule has 0 saturated heterocycles. The first-order valence-electron chi connectivity index (χ1n) is 14.9. The molecule has 4 heterocycles. The Morgan fingerprint density at radius 3 is 2.56 bits per heavy atom. The summed E-state index contributed by atoms with van der Waals surface area (Å²) in [5, 5.41) is 10.4. The monoisotopic (exact) mass is 595 g/mol. The molecule has 1 atom stereocenters. The molecule has 0 radical (unpaired) electrons. The van der Waals surface area contributed by atoms with Crippen LogP contribution in [0.2, 0.25) is 0 Å². The lowest BCUT2D eigenvalue weighted by Crippen LogP contribution is -2.34. The first kappa shape index (κ1) is 29.8. The number of aromatic nitrogens is 4. The standard InChI is InChI=1S/C31H41N5O3S2/c1-5-7-15-34(16-8-6-2)26(37)20-40-31-33-32-30-35(17-14-22-12-10-9-11-13-22)28(38)27-23-18-24(21(3)4)39-19-25(23)41-29(27)36(30)31/h9-13,21,24H,5-8,14-20H2,1-4H3. The highest BCUT2D eigenvalue weighted by Crippen LogP contribution is 2.37. The minimum atomic E-state index is -0.0179. The molecule has 0 saturated carbocycles. The molecule has 1 aliphatic heterocycles. The number of unbranched alkanes of at least 4 members (excludes halogenated alkanes) is 2. The Balaban J connectivity index is 1.54. The van der Waals surface area contributed by atoms with Crippen molar-refractivity contribution in [1.82, 2.24) is 24.1 Å². The third-order valence-corrected chi connectivity index (χ3v) is 9.98. The number of aryl methyl sites for hydroxylation is 2. The van der Waals surface area contributed by atoms with Gasteiger partial charge in [0, 0.05) is 30.9 Å². The third kappa shape index (κ3) is 6.39. The number of carbonyl (C=O) groups is 1. The van der Waals surface area contributed by atoms with Crippen molar-refractivity contribution >= 4 is 45.0 Å². The molecule has 220 valence electrons. The van der Waals surface area contributed by atoms with Crippen molar-refractivity contribution in [3.05, 3.63) is 56.7 Å². The van der Waals surface area contributed by atoms with Crippen LogP contribution in [0, 0.1) is 5.92 Å². The average Bonchev–Trinajstić information content (AvgIpc) is 3.57. The Bertz CT molecular complexity index is 1530. The van der Waals surface area contributed by atoms with Gasteiger partial charge in [0.05, 0.1) is 23.8 Å². The van der Waals surface area contributed by atoms with Gasteiger partial charge in [-0.15, -0.1) is 21.5 Å². The van der Waals surface area contributed by atoms with E-state index < -0.39 is 0 Å². The first-order valence-corrected chi connectivity index (χ1v) is 16.7. The van der Waals surface area contributed by atoms with Crippen LogP contribution in [-0.2, 0) is 35.5 Å². The van der Waals surface area contributed by atoms with Crippen molar-refractivity contribution in [3.8, 4) is 0 Å². The number of hydrogen-bond acceptors (Lipinski definition) is 7. The summed E-state index contributed by atoms with van der Waals surface area (Å²) in [5.41, 5.74) is 2.24. The highest BCUT2D eigenvalue weighted by molar-refractivity contribution is 7.99. The minimum Gasteiger partial charge on any atom is -0.372 e. The molecule has 1 aromatic carbocycles. The van der Waals surface area contributed by atoms with E-state index >= 15 is 0 Å². The van der Waals surface area contributed by atoms with E-state index in [9.17, 15) is 9.59 Å². The topological polar surface area (TPSA) is 81.7 Å². The molecule has 10 heteroatoms. The predicted octanol–water partition coefficient (Wildman–Crippen LogP) is 5.97. The second kappa shape index (κ2) is 13.5. The third-order valence-electron chi connectivity index (χ3n) is 7.88. The number of thiophene rings is 1. The molecule has 0 aliphatic carbocycles. The lowest BCUT2D eigenvalue weighted by atomic mass is 9.96.